The lowest BCUT2D eigenvalue weighted by Crippen LogP contribution is -2.06. The summed E-state index contributed by atoms with van der Waals surface area (Å²) in [5, 5.41) is -0.207. The van der Waals surface area contributed by atoms with Gasteiger partial charge in [-0.1, -0.05) is 18.5 Å². The third kappa shape index (κ3) is 2.30. The van der Waals surface area contributed by atoms with Gasteiger partial charge in [0.05, 0.1) is 11.9 Å². The lowest BCUT2D eigenvalue weighted by Gasteiger charge is -2.01. The van der Waals surface area contributed by atoms with Crippen molar-refractivity contribution in [3.8, 4) is 0 Å². The van der Waals surface area contributed by atoms with Crippen LogP contribution >= 0.6 is 23.2 Å². The minimum Gasteiger partial charge on any atom is -0.225 e. The second-order valence-corrected chi connectivity index (χ2v) is 5.14. The lowest BCUT2D eigenvalue weighted by molar-refractivity contribution is 0.596. The fourth-order valence-electron chi connectivity index (χ4n) is 0.694. The quantitative estimate of drug-likeness (QED) is 0.582. The topological polar surface area (TPSA) is 59.9 Å². The molecule has 0 amide bonds. The molecule has 0 aliphatic carbocycles. The molecular weight excluding hydrogens is 235 g/mol. The molecule has 0 aromatic carbocycles. The summed E-state index contributed by atoms with van der Waals surface area (Å²) >= 11 is 11.0. The molecule has 0 aliphatic heterocycles. The van der Waals surface area contributed by atoms with Crippen LogP contribution in [0, 0.1) is 0 Å². The molecule has 1 aromatic heterocycles. The molecule has 72 valence electrons. The van der Waals surface area contributed by atoms with Crippen LogP contribution in [0.4, 0.5) is 0 Å². The standard InChI is InChI=1S/C6H6Cl2N2O2S/c1-2-13(11,12)4-3-9-6(8)10-5(4)7/h3H,2H2,1H3. The van der Waals surface area contributed by atoms with Crippen LogP contribution < -0.4 is 0 Å². The van der Waals surface area contributed by atoms with Crippen molar-refractivity contribution in [3.63, 3.8) is 0 Å². The second-order valence-electron chi connectivity index (χ2n) is 2.20. The van der Waals surface area contributed by atoms with Crippen LogP contribution in [0.1, 0.15) is 6.92 Å². The number of hydrogen-bond acceptors (Lipinski definition) is 4. The first-order valence-corrected chi connectivity index (χ1v) is 5.79. The van der Waals surface area contributed by atoms with Crippen LogP contribution in [-0.2, 0) is 9.84 Å². The number of nitrogens with zero attached hydrogens (tertiary/aromatic N) is 2. The predicted molar refractivity (Wildman–Crippen MR) is 49.8 cm³/mol. The van der Waals surface area contributed by atoms with Gasteiger partial charge < -0.3 is 0 Å². The first-order valence-electron chi connectivity index (χ1n) is 3.38. The van der Waals surface area contributed by atoms with E-state index in [4.69, 9.17) is 23.2 Å². The van der Waals surface area contributed by atoms with E-state index in [9.17, 15) is 8.42 Å². The number of hydrogen-bond donors (Lipinski definition) is 0. The molecule has 0 saturated heterocycles. The van der Waals surface area contributed by atoms with Gasteiger partial charge in [0.1, 0.15) is 4.90 Å². The largest absolute Gasteiger partial charge is 0.225 e. The van der Waals surface area contributed by atoms with Gasteiger partial charge in [0, 0.05) is 0 Å². The molecule has 0 unspecified atom stereocenters. The van der Waals surface area contributed by atoms with Gasteiger partial charge in [-0.2, -0.15) is 0 Å². The second kappa shape index (κ2) is 3.77. The fourth-order valence-corrected chi connectivity index (χ4v) is 2.18. The molecule has 4 nitrogen and oxygen atoms in total. The van der Waals surface area contributed by atoms with Crippen molar-refractivity contribution in [1.82, 2.24) is 9.97 Å². The maximum Gasteiger partial charge on any atom is 0.223 e. The maximum atomic E-state index is 11.3. The Labute approximate surface area is 85.8 Å². The average Bonchev–Trinajstić information content (AvgIpc) is 2.03. The van der Waals surface area contributed by atoms with Crippen LogP contribution in [0.2, 0.25) is 10.4 Å². The summed E-state index contributed by atoms with van der Waals surface area (Å²) in [6, 6.07) is 0. The summed E-state index contributed by atoms with van der Waals surface area (Å²) < 4.78 is 22.7. The molecule has 7 heteroatoms. The SMILES string of the molecule is CCS(=O)(=O)c1cnc(Cl)nc1Cl. The number of halogens is 2. The Bertz CT molecular complexity index is 419. The minimum atomic E-state index is -3.36. The Morgan fingerprint density at radius 1 is 1.46 bits per heavy atom. The van der Waals surface area contributed by atoms with Gasteiger partial charge in [0.2, 0.25) is 5.28 Å². The van der Waals surface area contributed by atoms with Crippen LogP contribution in [0.25, 0.3) is 0 Å². The smallest absolute Gasteiger partial charge is 0.223 e. The van der Waals surface area contributed by atoms with Crippen molar-refractivity contribution in [3.05, 3.63) is 16.6 Å². The molecule has 0 radical (unpaired) electrons. The van der Waals surface area contributed by atoms with E-state index in [-0.39, 0.29) is 21.1 Å². The molecule has 0 spiro atoms. The summed E-state index contributed by atoms with van der Waals surface area (Å²) in [4.78, 5) is 6.99. The molecule has 1 heterocycles. The third-order valence-corrected chi connectivity index (χ3v) is 3.71. The normalized spacial score (nSPS) is 11.6. The summed E-state index contributed by atoms with van der Waals surface area (Å²) in [7, 11) is -3.36. The van der Waals surface area contributed by atoms with Crippen LogP contribution in [0.15, 0.2) is 11.1 Å². The van der Waals surface area contributed by atoms with E-state index in [0.717, 1.165) is 6.20 Å². The minimum absolute atomic E-state index is 0.0439. The third-order valence-electron chi connectivity index (χ3n) is 1.40. The van der Waals surface area contributed by atoms with E-state index in [0.29, 0.717) is 0 Å². The lowest BCUT2D eigenvalue weighted by atomic mass is 10.7. The van der Waals surface area contributed by atoms with E-state index in [1.807, 2.05) is 0 Å². The van der Waals surface area contributed by atoms with Crippen molar-refractivity contribution >= 4 is 33.0 Å². The number of rotatable bonds is 2. The predicted octanol–water partition coefficient (Wildman–Crippen LogP) is 1.58. The molecule has 0 bridgehead atoms. The molecule has 13 heavy (non-hydrogen) atoms. The van der Waals surface area contributed by atoms with Gasteiger partial charge in [-0.3, -0.25) is 0 Å². The van der Waals surface area contributed by atoms with Gasteiger partial charge in [-0.15, -0.1) is 0 Å². The first kappa shape index (κ1) is 10.7. The highest BCUT2D eigenvalue weighted by Gasteiger charge is 2.17. The highest BCUT2D eigenvalue weighted by atomic mass is 35.5. The van der Waals surface area contributed by atoms with E-state index < -0.39 is 9.84 Å². The van der Waals surface area contributed by atoms with Crippen LogP contribution in [0.3, 0.4) is 0 Å². The van der Waals surface area contributed by atoms with Gasteiger partial charge in [-0.05, 0) is 11.6 Å². The zero-order valence-electron chi connectivity index (χ0n) is 6.66. The molecule has 0 saturated carbocycles. The molecule has 0 aliphatic rings. The van der Waals surface area contributed by atoms with Crippen molar-refractivity contribution in [2.75, 3.05) is 5.75 Å². The molecule has 1 aromatic rings. The van der Waals surface area contributed by atoms with Crippen LogP contribution in [-0.4, -0.2) is 24.1 Å². The van der Waals surface area contributed by atoms with Crippen molar-refractivity contribution in [2.24, 2.45) is 0 Å². The van der Waals surface area contributed by atoms with E-state index in [2.05, 4.69) is 9.97 Å². The highest BCUT2D eigenvalue weighted by molar-refractivity contribution is 7.91. The molecular formula is C6H6Cl2N2O2S. The van der Waals surface area contributed by atoms with Crippen molar-refractivity contribution in [1.29, 1.82) is 0 Å². The highest BCUT2D eigenvalue weighted by Crippen LogP contribution is 2.20. The Kier molecular flexibility index (Phi) is 3.10. The monoisotopic (exact) mass is 240 g/mol. The summed E-state index contributed by atoms with van der Waals surface area (Å²) in [6.07, 6.45) is 1.11. The zero-order valence-corrected chi connectivity index (χ0v) is 8.99. The summed E-state index contributed by atoms with van der Waals surface area (Å²) in [5.74, 6) is -0.0439. The first-order chi connectivity index (χ1) is 5.97. The van der Waals surface area contributed by atoms with Crippen molar-refractivity contribution < 1.29 is 8.42 Å². The average molecular weight is 241 g/mol. The molecule has 0 atom stereocenters. The Morgan fingerprint density at radius 3 is 2.54 bits per heavy atom. The molecule has 1 rings (SSSR count). The molecule has 0 N–H and O–H groups in total. The van der Waals surface area contributed by atoms with Gasteiger partial charge >= 0.3 is 0 Å². The Balaban J connectivity index is 3.33. The number of aromatic nitrogens is 2. The Morgan fingerprint density at radius 2 is 2.08 bits per heavy atom. The van der Waals surface area contributed by atoms with Gasteiger partial charge in [0.25, 0.3) is 0 Å². The Hall–Kier alpha value is -0.390. The number of sulfone groups is 1. The van der Waals surface area contributed by atoms with Gasteiger partial charge in [0.15, 0.2) is 15.0 Å². The van der Waals surface area contributed by atoms with E-state index >= 15 is 0 Å². The summed E-state index contributed by atoms with van der Waals surface area (Å²) in [6.45, 7) is 1.51. The van der Waals surface area contributed by atoms with E-state index in [1.54, 1.807) is 0 Å². The van der Waals surface area contributed by atoms with Crippen LogP contribution in [0.5, 0.6) is 0 Å². The fraction of sp³-hybridized carbons (Fsp3) is 0.333. The van der Waals surface area contributed by atoms with Gasteiger partial charge in [-0.25, -0.2) is 18.4 Å². The van der Waals surface area contributed by atoms with E-state index in [1.165, 1.54) is 6.92 Å². The maximum absolute atomic E-state index is 11.3. The summed E-state index contributed by atoms with van der Waals surface area (Å²) in [5.41, 5.74) is 0. The zero-order chi connectivity index (χ0) is 10.1. The van der Waals surface area contributed by atoms with Crippen molar-refractivity contribution in [2.45, 2.75) is 11.8 Å². The molecule has 0 fully saturated rings.